The van der Waals surface area contributed by atoms with Crippen LogP contribution >= 0.6 is 11.6 Å². The van der Waals surface area contributed by atoms with Crippen LogP contribution < -0.4 is 11.1 Å². The highest BCUT2D eigenvalue weighted by Crippen LogP contribution is 2.24. The summed E-state index contributed by atoms with van der Waals surface area (Å²) in [6, 6.07) is 5.06. The van der Waals surface area contributed by atoms with Crippen LogP contribution in [0.4, 0.5) is 10.1 Å². The second-order valence-corrected chi connectivity index (χ2v) is 5.21. The fourth-order valence-electron chi connectivity index (χ4n) is 2.39. The van der Waals surface area contributed by atoms with Crippen molar-refractivity contribution in [3.05, 3.63) is 29.0 Å². The van der Waals surface area contributed by atoms with Crippen LogP contribution in [0.5, 0.6) is 0 Å². The molecule has 1 aliphatic rings. The van der Waals surface area contributed by atoms with Gasteiger partial charge in [0.1, 0.15) is 5.82 Å². The van der Waals surface area contributed by atoms with E-state index in [9.17, 15) is 4.39 Å². The minimum absolute atomic E-state index is 0.162. The first kappa shape index (κ1) is 12.7. The van der Waals surface area contributed by atoms with Crippen molar-refractivity contribution in [3.8, 4) is 0 Å². The normalized spacial score (nSPS) is 24.6. The van der Waals surface area contributed by atoms with Gasteiger partial charge in [-0.05, 0) is 43.4 Å². The number of nitrogens with one attached hydrogen (secondary N) is 1. The lowest BCUT2D eigenvalue weighted by molar-refractivity contribution is 0.335. The van der Waals surface area contributed by atoms with E-state index in [-0.39, 0.29) is 10.8 Å². The second-order valence-electron chi connectivity index (χ2n) is 4.80. The Morgan fingerprint density at radius 2 is 2.24 bits per heavy atom. The molecule has 3 N–H and O–H groups in total. The molecule has 2 rings (SSSR count). The molecule has 0 aromatic heterocycles. The Kier molecular flexibility index (Phi) is 4.24. The van der Waals surface area contributed by atoms with Crippen molar-refractivity contribution in [2.24, 2.45) is 11.7 Å². The fraction of sp³-hybridized carbons (Fsp3) is 0.538. The number of rotatable bonds is 3. The molecule has 1 saturated carbocycles. The highest BCUT2D eigenvalue weighted by molar-refractivity contribution is 6.31. The van der Waals surface area contributed by atoms with Gasteiger partial charge in [0.25, 0.3) is 0 Å². The molecular formula is C13H18ClFN2. The zero-order chi connectivity index (χ0) is 12.3. The molecule has 0 saturated heterocycles. The van der Waals surface area contributed by atoms with E-state index >= 15 is 0 Å². The van der Waals surface area contributed by atoms with Crippen LogP contribution in [0.25, 0.3) is 0 Å². The van der Waals surface area contributed by atoms with Gasteiger partial charge in [-0.3, -0.25) is 0 Å². The van der Waals surface area contributed by atoms with Crippen LogP contribution in [0.15, 0.2) is 18.2 Å². The van der Waals surface area contributed by atoms with Gasteiger partial charge in [-0.2, -0.15) is 0 Å². The molecule has 1 aromatic rings. The summed E-state index contributed by atoms with van der Waals surface area (Å²) in [5, 5.41) is 3.46. The smallest absolute Gasteiger partial charge is 0.141 e. The van der Waals surface area contributed by atoms with E-state index in [4.69, 9.17) is 17.3 Å². The molecule has 17 heavy (non-hydrogen) atoms. The third kappa shape index (κ3) is 3.58. The molecule has 2 nitrogen and oxygen atoms in total. The molecule has 0 radical (unpaired) electrons. The monoisotopic (exact) mass is 256 g/mol. The quantitative estimate of drug-likeness (QED) is 0.870. The predicted molar refractivity (Wildman–Crippen MR) is 69.8 cm³/mol. The Morgan fingerprint density at radius 3 is 2.94 bits per heavy atom. The van der Waals surface area contributed by atoms with Crippen LogP contribution in [0.2, 0.25) is 5.02 Å². The third-order valence-electron chi connectivity index (χ3n) is 3.34. The average molecular weight is 257 g/mol. The van der Waals surface area contributed by atoms with Crippen LogP contribution in [0.1, 0.15) is 25.7 Å². The molecule has 1 aromatic carbocycles. The SMILES string of the molecule is NC1CCCC(CNc2ccc(F)c(Cl)c2)C1. The van der Waals surface area contributed by atoms with E-state index in [2.05, 4.69) is 5.32 Å². The summed E-state index contributed by atoms with van der Waals surface area (Å²) in [7, 11) is 0. The summed E-state index contributed by atoms with van der Waals surface area (Å²) in [6.07, 6.45) is 4.63. The minimum atomic E-state index is -0.378. The average Bonchev–Trinajstić information content (AvgIpc) is 2.31. The molecule has 2 atom stereocenters. The Hall–Kier alpha value is -0.800. The molecule has 1 fully saturated rings. The van der Waals surface area contributed by atoms with Crippen LogP contribution in [-0.2, 0) is 0 Å². The lowest BCUT2D eigenvalue weighted by atomic mass is 9.86. The molecular weight excluding hydrogens is 239 g/mol. The first-order valence-electron chi connectivity index (χ1n) is 6.09. The summed E-state index contributed by atoms with van der Waals surface area (Å²) < 4.78 is 13.0. The van der Waals surface area contributed by atoms with Crippen LogP contribution in [0.3, 0.4) is 0 Å². The third-order valence-corrected chi connectivity index (χ3v) is 3.63. The van der Waals surface area contributed by atoms with Gasteiger partial charge in [0.05, 0.1) is 5.02 Å². The number of halogens is 2. The topological polar surface area (TPSA) is 38.0 Å². The lowest BCUT2D eigenvalue weighted by Gasteiger charge is -2.27. The van der Waals surface area contributed by atoms with Crippen molar-refractivity contribution in [1.29, 1.82) is 0 Å². The highest BCUT2D eigenvalue weighted by Gasteiger charge is 2.18. The molecule has 0 spiro atoms. The zero-order valence-electron chi connectivity index (χ0n) is 9.76. The van der Waals surface area contributed by atoms with Gasteiger partial charge in [0.15, 0.2) is 0 Å². The molecule has 0 aliphatic heterocycles. The maximum Gasteiger partial charge on any atom is 0.141 e. The van der Waals surface area contributed by atoms with Gasteiger partial charge in [0.2, 0.25) is 0 Å². The lowest BCUT2D eigenvalue weighted by Crippen LogP contribution is -2.30. The summed E-state index contributed by atoms with van der Waals surface area (Å²) in [5.74, 6) is 0.236. The van der Waals surface area contributed by atoms with E-state index in [0.717, 1.165) is 25.1 Å². The first-order chi connectivity index (χ1) is 8.15. The first-order valence-corrected chi connectivity index (χ1v) is 6.47. The standard InChI is InChI=1S/C13H18ClFN2/c14-12-7-11(4-5-13(12)15)17-8-9-2-1-3-10(16)6-9/h4-5,7,9-10,17H,1-3,6,8,16H2. The Morgan fingerprint density at radius 1 is 1.41 bits per heavy atom. The number of hydrogen-bond acceptors (Lipinski definition) is 2. The van der Waals surface area contributed by atoms with Crippen molar-refractivity contribution >= 4 is 17.3 Å². The molecule has 2 unspecified atom stereocenters. The molecule has 94 valence electrons. The van der Waals surface area contributed by atoms with Crippen molar-refractivity contribution in [2.45, 2.75) is 31.7 Å². The maximum atomic E-state index is 13.0. The summed E-state index contributed by atoms with van der Waals surface area (Å²) in [5.41, 5.74) is 6.81. The van der Waals surface area contributed by atoms with E-state index in [1.54, 1.807) is 12.1 Å². The van der Waals surface area contributed by atoms with E-state index < -0.39 is 0 Å². The second kappa shape index (κ2) is 5.69. The van der Waals surface area contributed by atoms with Crippen molar-refractivity contribution in [3.63, 3.8) is 0 Å². The van der Waals surface area contributed by atoms with Crippen molar-refractivity contribution in [2.75, 3.05) is 11.9 Å². The van der Waals surface area contributed by atoms with E-state index in [0.29, 0.717) is 12.0 Å². The van der Waals surface area contributed by atoms with Gasteiger partial charge in [-0.15, -0.1) is 0 Å². The van der Waals surface area contributed by atoms with Gasteiger partial charge in [-0.25, -0.2) is 4.39 Å². The van der Waals surface area contributed by atoms with Crippen molar-refractivity contribution < 1.29 is 4.39 Å². The minimum Gasteiger partial charge on any atom is -0.385 e. The molecule has 1 aliphatic carbocycles. The maximum absolute atomic E-state index is 13.0. The Bertz CT molecular complexity index is 384. The van der Waals surface area contributed by atoms with Gasteiger partial charge < -0.3 is 11.1 Å². The van der Waals surface area contributed by atoms with E-state index in [1.165, 1.54) is 18.9 Å². The van der Waals surface area contributed by atoms with Crippen molar-refractivity contribution in [1.82, 2.24) is 0 Å². The summed E-state index contributed by atoms with van der Waals surface area (Å²) in [6.45, 7) is 0.885. The molecule has 4 heteroatoms. The van der Waals surface area contributed by atoms with Crippen LogP contribution in [0, 0.1) is 11.7 Å². The Balaban J connectivity index is 1.86. The highest BCUT2D eigenvalue weighted by atomic mass is 35.5. The number of hydrogen-bond donors (Lipinski definition) is 2. The summed E-state index contributed by atoms with van der Waals surface area (Å²) >= 11 is 5.72. The molecule has 0 amide bonds. The number of benzene rings is 1. The molecule has 0 heterocycles. The largest absolute Gasteiger partial charge is 0.385 e. The van der Waals surface area contributed by atoms with E-state index in [1.807, 2.05) is 0 Å². The number of nitrogens with two attached hydrogens (primary N) is 1. The van der Waals surface area contributed by atoms with Gasteiger partial charge in [-0.1, -0.05) is 18.0 Å². The predicted octanol–water partition coefficient (Wildman–Crippen LogP) is 3.41. The number of anilines is 1. The Labute approximate surface area is 106 Å². The summed E-state index contributed by atoms with van der Waals surface area (Å²) in [4.78, 5) is 0. The zero-order valence-corrected chi connectivity index (χ0v) is 10.5. The van der Waals surface area contributed by atoms with Crippen LogP contribution in [-0.4, -0.2) is 12.6 Å². The van der Waals surface area contributed by atoms with Gasteiger partial charge >= 0.3 is 0 Å². The van der Waals surface area contributed by atoms with Gasteiger partial charge in [0, 0.05) is 18.3 Å². The molecule has 0 bridgehead atoms. The fourth-order valence-corrected chi connectivity index (χ4v) is 2.57.